The van der Waals surface area contributed by atoms with E-state index in [0.717, 1.165) is 27.7 Å². The van der Waals surface area contributed by atoms with E-state index in [0.29, 0.717) is 13.0 Å². The first-order valence-electron chi connectivity index (χ1n) is 9.51. The summed E-state index contributed by atoms with van der Waals surface area (Å²) in [6, 6.07) is 15.5. The van der Waals surface area contributed by atoms with Crippen LogP contribution in [0.2, 0.25) is 0 Å². The van der Waals surface area contributed by atoms with Gasteiger partial charge >= 0.3 is 0 Å². The van der Waals surface area contributed by atoms with Gasteiger partial charge in [0.15, 0.2) is 0 Å². The quantitative estimate of drug-likeness (QED) is 0.539. The lowest BCUT2D eigenvalue weighted by atomic mass is 9.94. The fourth-order valence-electron chi connectivity index (χ4n) is 4.08. The molecule has 0 spiro atoms. The van der Waals surface area contributed by atoms with Gasteiger partial charge in [-0.3, -0.25) is 9.59 Å². The molecule has 2 aromatic carbocycles. The zero-order valence-corrected chi connectivity index (χ0v) is 16.8. The van der Waals surface area contributed by atoms with E-state index in [1.807, 2.05) is 48.7 Å². The number of piperazine rings is 1. The van der Waals surface area contributed by atoms with Crippen molar-refractivity contribution < 1.29 is 9.59 Å². The van der Waals surface area contributed by atoms with Crippen molar-refractivity contribution in [2.75, 3.05) is 12.8 Å². The van der Waals surface area contributed by atoms with Crippen molar-refractivity contribution >= 4 is 40.7 Å². The van der Waals surface area contributed by atoms with Gasteiger partial charge in [0.2, 0.25) is 5.91 Å². The second-order valence-corrected chi connectivity index (χ2v) is 8.16. The predicted molar refractivity (Wildman–Crippen MR) is 114 cm³/mol. The minimum Gasteiger partial charge on any atom is -0.357 e. The number of aromatic nitrogens is 1. The Morgan fingerprint density at radius 3 is 2.69 bits per heavy atom. The summed E-state index contributed by atoms with van der Waals surface area (Å²) in [4.78, 5) is 32.1. The van der Waals surface area contributed by atoms with E-state index in [2.05, 4.69) is 16.2 Å². The number of benzene rings is 2. The van der Waals surface area contributed by atoms with Crippen LogP contribution in [-0.4, -0.2) is 51.8 Å². The number of aromatic amines is 1. The van der Waals surface area contributed by atoms with Crippen molar-refractivity contribution in [2.24, 2.45) is 5.10 Å². The molecule has 0 saturated carbocycles. The summed E-state index contributed by atoms with van der Waals surface area (Å²) < 4.78 is 0. The third-order valence-electron chi connectivity index (χ3n) is 5.61. The molecule has 0 unspecified atom stereocenters. The number of fused-ring (bicyclic) bond motifs is 4. The van der Waals surface area contributed by atoms with Crippen LogP contribution in [0.4, 0.5) is 0 Å². The Hall–Kier alpha value is -3.06. The molecule has 1 saturated heterocycles. The Balaban J connectivity index is 1.41. The second-order valence-electron chi connectivity index (χ2n) is 7.28. The first-order valence-corrected chi connectivity index (χ1v) is 10.7. The van der Waals surface area contributed by atoms with Gasteiger partial charge in [-0.1, -0.05) is 30.3 Å². The Bertz CT molecular complexity index is 1140. The van der Waals surface area contributed by atoms with Crippen molar-refractivity contribution in [2.45, 2.75) is 23.9 Å². The van der Waals surface area contributed by atoms with Gasteiger partial charge in [-0.15, -0.1) is 11.8 Å². The van der Waals surface area contributed by atoms with Gasteiger partial charge in [0.1, 0.15) is 12.6 Å². The molecule has 0 aliphatic carbocycles. The topological polar surface area (TPSA) is 68.8 Å². The van der Waals surface area contributed by atoms with Crippen molar-refractivity contribution in [3.8, 4) is 0 Å². The largest absolute Gasteiger partial charge is 0.357 e. The van der Waals surface area contributed by atoms with Crippen LogP contribution in [0.3, 0.4) is 0 Å². The zero-order valence-electron chi connectivity index (χ0n) is 16.0. The Labute approximate surface area is 172 Å². The minimum absolute atomic E-state index is 0.0235. The average Bonchev–Trinajstić information content (AvgIpc) is 3.12. The Morgan fingerprint density at radius 1 is 1.10 bits per heavy atom. The van der Waals surface area contributed by atoms with E-state index in [4.69, 9.17) is 0 Å². The van der Waals surface area contributed by atoms with Gasteiger partial charge in [-0.25, -0.2) is 5.01 Å². The van der Waals surface area contributed by atoms with Crippen LogP contribution in [0.1, 0.15) is 16.8 Å². The molecule has 2 amide bonds. The van der Waals surface area contributed by atoms with Crippen LogP contribution in [0.5, 0.6) is 0 Å². The van der Waals surface area contributed by atoms with E-state index in [9.17, 15) is 9.59 Å². The zero-order chi connectivity index (χ0) is 20.0. The molecule has 3 aromatic rings. The summed E-state index contributed by atoms with van der Waals surface area (Å²) in [5.74, 6) is -0.202. The summed E-state index contributed by atoms with van der Waals surface area (Å²) in [6.07, 6.45) is 4.18. The number of hydrogen-bond acceptors (Lipinski definition) is 4. The number of H-pyrrole nitrogens is 1. The normalized spacial score (nSPS) is 19.1. The molecule has 7 heteroatoms. The highest BCUT2D eigenvalue weighted by atomic mass is 32.2. The smallest absolute Gasteiger partial charge is 0.266 e. The highest BCUT2D eigenvalue weighted by Gasteiger charge is 2.43. The first kappa shape index (κ1) is 18.0. The van der Waals surface area contributed by atoms with Gasteiger partial charge in [0.25, 0.3) is 5.91 Å². The van der Waals surface area contributed by atoms with Crippen molar-refractivity contribution in [1.82, 2.24) is 14.9 Å². The SMILES string of the molecule is CSc1ccc(/C=N\N2CC(=O)N3Cc4[nH]c5ccccc5c4C[C@@H]3C2=O)cc1. The lowest BCUT2D eigenvalue weighted by Crippen LogP contribution is -2.60. The number of carbonyl (C=O) groups is 2. The molecular weight excluding hydrogens is 384 g/mol. The molecule has 1 N–H and O–H groups in total. The molecule has 2 aliphatic heterocycles. The molecule has 1 atom stereocenters. The average molecular weight is 404 g/mol. The van der Waals surface area contributed by atoms with E-state index in [1.165, 1.54) is 9.90 Å². The molecule has 1 aromatic heterocycles. The molecule has 5 rings (SSSR count). The molecule has 1 fully saturated rings. The molecule has 3 heterocycles. The maximum Gasteiger partial charge on any atom is 0.266 e. The number of nitrogens with one attached hydrogen (secondary N) is 1. The fourth-order valence-corrected chi connectivity index (χ4v) is 4.49. The number of carbonyl (C=O) groups excluding carboxylic acids is 2. The van der Waals surface area contributed by atoms with Gasteiger partial charge in [0.05, 0.1) is 12.8 Å². The van der Waals surface area contributed by atoms with E-state index in [1.54, 1.807) is 22.9 Å². The van der Waals surface area contributed by atoms with Crippen LogP contribution in [0.15, 0.2) is 58.5 Å². The third-order valence-corrected chi connectivity index (χ3v) is 6.35. The molecular formula is C22H20N4O2S. The predicted octanol–water partition coefficient (Wildman–Crippen LogP) is 3.02. The number of rotatable bonds is 3. The summed E-state index contributed by atoms with van der Waals surface area (Å²) >= 11 is 1.67. The molecule has 0 bridgehead atoms. The number of hydrazone groups is 1. The van der Waals surface area contributed by atoms with E-state index >= 15 is 0 Å². The fraction of sp³-hybridized carbons (Fsp3) is 0.227. The number of amides is 2. The summed E-state index contributed by atoms with van der Waals surface area (Å²) in [6.45, 7) is 0.414. The number of hydrogen-bond donors (Lipinski definition) is 1. The maximum atomic E-state index is 13.1. The van der Waals surface area contributed by atoms with Crippen molar-refractivity contribution in [3.63, 3.8) is 0 Å². The van der Waals surface area contributed by atoms with Crippen LogP contribution in [0, 0.1) is 0 Å². The van der Waals surface area contributed by atoms with E-state index < -0.39 is 6.04 Å². The maximum absolute atomic E-state index is 13.1. The minimum atomic E-state index is -0.501. The van der Waals surface area contributed by atoms with Gasteiger partial charge in [-0.05, 0) is 35.6 Å². The van der Waals surface area contributed by atoms with Crippen LogP contribution in [0.25, 0.3) is 10.9 Å². The second kappa shape index (κ2) is 7.08. The van der Waals surface area contributed by atoms with Crippen molar-refractivity contribution in [3.05, 3.63) is 65.4 Å². The van der Waals surface area contributed by atoms with Gasteiger partial charge < -0.3 is 9.88 Å². The number of nitrogens with zero attached hydrogens (tertiary/aromatic N) is 3. The van der Waals surface area contributed by atoms with Crippen LogP contribution >= 0.6 is 11.8 Å². The monoisotopic (exact) mass is 404 g/mol. The van der Waals surface area contributed by atoms with Crippen LogP contribution in [-0.2, 0) is 22.6 Å². The highest BCUT2D eigenvalue weighted by Crippen LogP contribution is 2.32. The standard InChI is InChI=1S/C22H20N4O2S/c1-29-15-8-6-14(7-9-15)11-23-26-13-21(27)25-12-19-17(10-20(25)22(26)28)16-4-2-3-5-18(16)24-19/h2-9,11,20,24H,10,12-13H2,1H3/b23-11-/t20-/m1/s1. The summed E-state index contributed by atoms with van der Waals surface area (Å²) in [5, 5.41) is 6.77. The molecule has 146 valence electrons. The summed E-state index contributed by atoms with van der Waals surface area (Å²) in [5.41, 5.74) is 4.09. The van der Waals surface area contributed by atoms with Crippen LogP contribution < -0.4 is 0 Å². The molecule has 0 radical (unpaired) electrons. The number of para-hydroxylation sites is 1. The molecule has 6 nitrogen and oxygen atoms in total. The molecule has 2 aliphatic rings. The highest BCUT2D eigenvalue weighted by molar-refractivity contribution is 7.98. The first-order chi connectivity index (χ1) is 14.1. The summed E-state index contributed by atoms with van der Waals surface area (Å²) in [7, 11) is 0. The Morgan fingerprint density at radius 2 is 1.90 bits per heavy atom. The lowest BCUT2D eigenvalue weighted by Gasteiger charge is -2.40. The van der Waals surface area contributed by atoms with Crippen molar-refractivity contribution in [1.29, 1.82) is 0 Å². The number of thioether (sulfide) groups is 1. The molecule has 29 heavy (non-hydrogen) atoms. The Kier molecular flexibility index (Phi) is 4.39. The third kappa shape index (κ3) is 3.11. The lowest BCUT2D eigenvalue weighted by molar-refractivity contribution is -0.157. The van der Waals surface area contributed by atoms with Gasteiger partial charge in [-0.2, -0.15) is 5.10 Å². The van der Waals surface area contributed by atoms with E-state index in [-0.39, 0.29) is 18.4 Å². The van der Waals surface area contributed by atoms with Gasteiger partial charge in [0, 0.05) is 27.9 Å².